The first kappa shape index (κ1) is 14.1. The number of ketones is 1. The predicted octanol–water partition coefficient (Wildman–Crippen LogP) is 3.95. The molecular weight excluding hydrogens is 328 g/mol. The minimum Gasteiger partial charge on any atom is -0.496 e. The fourth-order valence-electron chi connectivity index (χ4n) is 1.72. The Bertz CT molecular complexity index is 592. The zero-order chi connectivity index (χ0) is 13.8. The van der Waals surface area contributed by atoms with E-state index in [1.165, 1.54) is 11.3 Å². The van der Waals surface area contributed by atoms with Crippen LogP contribution in [-0.4, -0.2) is 20.0 Å². The summed E-state index contributed by atoms with van der Waals surface area (Å²) in [4.78, 5) is 12.9. The molecule has 0 unspecified atom stereocenters. The standard InChI is InChI=1S/C14H13BrO3S/c1-17-11-7-14(19-8-11)12(16)6-9-5-10(15)3-4-13(9)18-2/h3-5,7-8H,6H2,1-2H3. The van der Waals surface area contributed by atoms with Crippen molar-refractivity contribution in [3.63, 3.8) is 0 Å². The van der Waals surface area contributed by atoms with Crippen molar-refractivity contribution in [1.29, 1.82) is 0 Å². The van der Waals surface area contributed by atoms with Crippen LogP contribution in [0.4, 0.5) is 0 Å². The number of hydrogen-bond donors (Lipinski definition) is 0. The summed E-state index contributed by atoms with van der Waals surface area (Å²) in [5, 5.41) is 1.82. The normalized spacial score (nSPS) is 10.3. The number of hydrogen-bond acceptors (Lipinski definition) is 4. The number of carbonyl (C=O) groups is 1. The molecule has 0 spiro atoms. The van der Waals surface area contributed by atoms with Crippen LogP contribution in [0.3, 0.4) is 0 Å². The molecule has 2 aromatic rings. The van der Waals surface area contributed by atoms with Crippen molar-refractivity contribution in [2.45, 2.75) is 6.42 Å². The van der Waals surface area contributed by atoms with E-state index in [4.69, 9.17) is 9.47 Å². The third-order valence-corrected chi connectivity index (χ3v) is 4.12. The van der Waals surface area contributed by atoms with Crippen LogP contribution in [0.1, 0.15) is 15.2 Å². The van der Waals surface area contributed by atoms with Gasteiger partial charge in [-0.25, -0.2) is 0 Å². The average Bonchev–Trinajstić information content (AvgIpc) is 2.88. The molecule has 100 valence electrons. The maximum absolute atomic E-state index is 12.2. The lowest BCUT2D eigenvalue weighted by Gasteiger charge is -2.07. The van der Waals surface area contributed by atoms with Crippen molar-refractivity contribution in [2.24, 2.45) is 0 Å². The molecule has 0 aliphatic carbocycles. The van der Waals surface area contributed by atoms with E-state index in [9.17, 15) is 4.79 Å². The third kappa shape index (κ3) is 3.36. The molecule has 2 rings (SSSR count). The van der Waals surface area contributed by atoms with Crippen LogP contribution in [0, 0.1) is 0 Å². The molecule has 19 heavy (non-hydrogen) atoms. The van der Waals surface area contributed by atoms with Crippen molar-refractivity contribution < 1.29 is 14.3 Å². The van der Waals surface area contributed by atoms with Crippen LogP contribution in [0.25, 0.3) is 0 Å². The minimum absolute atomic E-state index is 0.0599. The Morgan fingerprint density at radius 1 is 1.26 bits per heavy atom. The largest absolute Gasteiger partial charge is 0.496 e. The van der Waals surface area contributed by atoms with Gasteiger partial charge in [0.15, 0.2) is 5.78 Å². The van der Waals surface area contributed by atoms with E-state index in [2.05, 4.69) is 15.9 Å². The molecular formula is C14H13BrO3S. The quantitative estimate of drug-likeness (QED) is 0.773. The van der Waals surface area contributed by atoms with E-state index in [0.29, 0.717) is 11.3 Å². The fourth-order valence-corrected chi connectivity index (χ4v) is 2.92. The Morgan fingerprint density at radius 2 is 2.05 bits per heavy atom. The number of rotatable bonds is 5. The van der Waals surface area contributed by atoms with Gasteiger partial charge >= 0.3 is 0 Å². The van der Waals surface area contributed by atoms with Gasteiger partial charge in [-0.3, -0.25) is 4.79 Å². The van der Waals surface area contributed by atoms with E-state index < -0.39 is 0 Å². The van der Waals surface area contributed by atoms with Gasteiger partial charge in [-0.15, -0.1) is 11.3 Å². The third-order valence-electron chi connectivity index (χ3n) is 2.68. The summed E-state index contributed by atoms with van der Waals surface area (Å²) in [6.45, 7) is 0. The predicted molar refractivity (Wildman–Crippen MR) is 79.6 cm³/mol. The second-order valence-electron chi connectivity index (χ2n) is 3.91. The smallest absolute Gasteiger partial charge is 0.177 e. The molecule has 0 aliphatic heterocycles. The van der Waals surface area contributed by atoms with Crippen molar-refractivity contribution >= 4 is 33.0 Å². The SMILES string of the molecule is COc1csc(C(=O)Cc2cc(Br)ccc2OC)c1. The first-order chi connectivity index (χ1) is 9.13. The summed E-state index contributed by atoms with van der Waals surface area (Å²) in [7, 11) is 3.19. The van der Waals surface area contributed by atoms with Crippen molar-refractivity contribution in [1.82, 2.24) is 0 Å². The highest BCUT2D eigenvalue weighted by Gasteiger charge is 2.13. The number of carbonyl (C=O) groups excluding carboxylic acids is 1. The van der Waals surface area contributed by atoms with Crippen molar-refractivity contribution in [3.8, 4) is 11.5 Å². The van der Waals surface area contributed by atoms with Gasteiger partial charge < -0.3 is 9.47 Å². The number of halogens is 1. The van der Waals surface area contributed by atoms with Gasteiger partial charge in [0, 0.05) is 27.9 Å². The van der Waals surface area contributed by atoms with Gasteiger partial charge in [-0.05, 0) is 18.2 Å². The summed E-state index contributed by atoms with van der Waals surface area (Å²) >= 11 is 4.79. The molecule has 0 fully saturated rings. The Hall–Kier alpha value is -1.33. The van der Waals surface area contributed by atoms with Crippen LogP contribution in [0.2, 0.25) is 0 Å². The second-order valence-corrected chi connectivity index (χ2v) is 5.73. The lowest BCUT2D eigenvalue weighted by Crippen LogP contribution is -2.03. The fraction of sp³-hybridized carbons (Fsp3) is 0.214. The van der Waals surface area contributed by atoms with E-state index in [-0.39, 0.29) is 5.78 Å². The van der Waals surface area contributed by atoms with Gasteiger partial charge in [0.2, 0.25) is 0 Å². The lowest BCUT2D eigenvalue weighted by molar-refractivity contribution is 0.0995. The van der Waals surface area contributed by atoms with Gasteiger partial charge in [0.25, 0.3) is 0 Å². The van der Waals surface area contributed by atoms with Crippen LogP contribution < -0.4 is 9.47 Å². The summed E-state index contributed by atoms with van der Waals surface area (Å²) in [5.74, 6) is 1.50. The van der Waals surface area contributed by atoms with Crippen molar-refractivity contribution in [3.05, 3.63) is 44.6 Å². The Morgan fingerprint density at radius 3 is 2.68 bits per heavy atom. The van der Waals surface area contributed by atoms with Crippen LogP contribution in [0.5, 0.6) is 11.5 Å². The molecule has 3 nitrogen and oxygen atoms in total. The minimum atomic E-state index is 0.0599. The van der Waals surface area contributed by atoms with Crippen LogP contribution in [0.15, 0.2) is 34.1 Å². The number of methoxy groups -OCH3 is 2. The first-order valence-corrected chi connectivity index (χ1v) is 7.29. The zero-order valence-corrected chi connectivity index (χ0v) is 13.0. The average molecular weight is 341 g/mol. The summed E-state index contributed by atoms with van der Waals surface area (Å²) in [6, 6.07) is 7.40. The number of thiophene rings is 1. The highest BCUT2D eigenvalue weighted by Crippen LogP contribution is 2.27. The molecule has 0 bridgehead atoms. The van der Waals surface area contributed by atoms with Crippen LogP contribution >= 0.6 is 27.3 Å². The molecule has 0 N–H and O–H groups in total. The zero-order valence-electron chi connectivity index (χ0n) is 10.6. The van der Waals surface area contributed by atoms with E-state index in [1.54, 1.807) is 20.3 Å². The maximum Gasteiger partial charge on any atom is 0.177 e. The Balaban J connectivity index is 2.20. The highest BCUT2D eigenvalue weighted by molar-refractivity contribution is 9.10. The van der Waals surface area contributed by atoms with Crippen molar-refractivity contribution in [2.75, 3.05) is 14.2 Å². The molecule has 1 aromatic carbocycles. The molecule has 0 radical (unpaired) electrons. The molecule has 0 aliphatic rings. The molecule has 5 heteroatoms. The number of benzene rings is 1. The summed E-state index contributed by atoms with van der Waals surface area (Å²) < 4.78 is 11.3. The summed E-state index contributed by atoms with van der Waals surface area (Å²) in [6.07, 6.45) is 0.312. The molecule has 0 amide bonds. The lowest BCUT2D eigenvalue weighted by atomic mass is 10.1. The Kier molecular flexibility index (Phi) is 4.61. The monoisotopic (exact) mass is 340 g/mol. The van der Waals surface area contributed by atoms with E-state index in [1.807, 2.05) is 23.6 Å². The maximum atomic E-state index is 12.2. The second kappa shape index (κ2) is 6.21. The highest BCUT2D eigenvalue weighted by atomic mass is 79.9. The van der Waals surface area contributed by atoms with Crippen LogP contribution in [-0.2, 0) is 6.42 Å². The molecule has 0 atom stereocenters. The molecule has 0 saturated heterocycles. The topological polar surface area (TPSA) is 35.5 Å². The van der Waals surface area contributed by atoms with E-state index >= 15 is 0 Å². The van der Waals surface area contributed by atoms with Gasteiger partial charge in [0.05, 0.1) is 19.1 Å². The van der Waals surface area contributed by atoms with Gasteiger partial charge in [0.1, 0.15) is 11.5 Å². The molecule has 0 saturated carbocycles. The molecule has 1 heterocycles. The summed E-state index contributed by atoms with van der Waals surface area (Å²) in [5.41, 5.74) is 0.870. The van der Waals surface area contributed by atoms with Gasteiger partial charge in [-0.1, -0.05) is 15.9 Å². The number of ether oxygens (including phenoxy) is 2. The van der Waals surface area contributed by atoms with Gasteiger partial charge in [-0.2, -0.15) is 0 Å². The first-order valence-electron chi connectivity index (χ1n) is 5.62. The molecule has 1 aromatic heterocycles. The van der Waals surface area contributed by atoms with E-state index in [0.717, 1.165) is 21.5 Å². The Labute approximate surface area is 124 Å². The number of Topliss-reactive ketones (excluding diaryl/α,β-unsaturated/α-hetero) is 1.